The normalized spacial score (nSPS) is 43.5. The molecule has 1 heterocycles. The predicted octanol–water partition coefficient (Wildman–Crippen LogP) is 2.62. The first-order valence-corrected chi connectivity index (χ1v) is 6.36. The van der Waals surface area contributed by atoms with Crippen LogP contribution in [0.5, 0.6) is 0 Å². The summed E-state index contributed by atoms with van der Waals surface area (Å²) in [7, 11) is 0. The third kappa shape index (κ3) is 1.73. The van der Waals surface area contributed by atoms with E-state index in [9.17, 15) is 4.79 Å². The van der Waals surface area contributed by atoms with Crippen LogP contribution in [0.25, 0.3) is 0 Å². The molecule has 2 aliphatic rings. The van der Waals surface area contributed by atoms with Gasteiger partial charge in [-0.15, -0.1) is 0 Å². The Labute approximate surface area is 93.0 Å². The van der Waals surface area contributed by atoms with E-state index >= 15 is 0 Å². The molecule has 1 aliphatic heterocycles. The summed E-state index contributed by atoms with van der Waals surface area (Å²) in [6.07, 6.45) is 5.45. The van der Waals surface area contributed by atoms with Gasteiger partial charge in [0.25, 0.3) is 0 Å². The molecule has 0 N–H and O–H groups in total. The van der Waals surface area contributed by atoms with Gasteiger partial charge in [-0.3, -0.25) is 9.69 Å². The second-order valence-electron chi connectivity index (χ2n) is 5.60. The predicted molar refractivity (Wildman–Crippen MR) is 61.8 cm³/mol. The van der Waals surface area contributed by atoms with Crippen molar-refractivity contribution in [2.24, 2.45) is 5.92 Å². The highest BCUT2D eigenvalue weighted by atomic mass is 16.1. The lowest BCUT2D eigenvalue weighted by Gasteiger charge is -2.43. The van der Waals surface area contributed by atoms with Gasteiger partial charge >= 0.3 is 0 Å². The zero-order chi connectivity index (χ0) is 11.1. The molecule has 0 amide bonds. The fourth-order valence-electron chi connectivity index (χ4n) is 3.26. The molecule has 2 rings (SSSR count). The van der Waals surface area contributed by atoms with Crippen LogP contribution in [0.15, 0.2) is 0 Å². The minimum Gasteiger partial charge on any atom is -0.298 e. The van der Waals surface area contributed by atoms with Crippen molar-refractivity contribution in [1.82, 2.24) is 4.90 Å². The highest BCUT2D eigenvalue weighted by Gasteiger charge is 2.45. The van der Waals surface area contributed by atoms with Crippen molar-refractivity contribution >= 4 is 5.78 Å². The Hall–Kier alpha value is -0.370. The molecule has 1 saturated heterocycles. The number of carbonyl (C=O) groups excluding carboxylic acids is 1. The number of Topliss-reactive ketones (excluding diaryl/α,β-unsaturated/α-hetero) is 1. The van der Waals surface area contributed by atoms with Crippen LogP contribution < -0.4 is 0 Å². The van der Waals surface area contributed by atoms with Crippen LogP contribution in [0, 0.1) is 5.92 Å². The van der Waals surface area contributed by atoms with Gasteiger partial charge in [0.05, 0.1) is 5.54 Å². The topological polar surface area (TPSA) is 20.3 Å². The summed E-state index contributed by atoms with van der Waals surface area (Å²) in [6.45, 7) is 7.87. The molecular weight excluding hydrogens is 186 g/mol. The van der Waals surface area contributed by atoms with Crippen molar-refractivity contribution in [3.05, 3.63) is 0 Å². The summed E-state index contributed by atoms with van der Waals surface area (Å²) < 4.78 is 0. The Bertz CT molecular complexity index is 263. The van der Waals surface area contributed by atoms with E-state index in [0.29, 0.717) is 11.8 Å². The molecule has 0 aromatic carbocycles. The third-order valence-electron chi connectivity index (χ3n) is 4.69. The molecule has 0 spiro atoms. The van der Waals surface area contributed by atoms with E-state index in [-0.39, 0.29) is 5.54 Å². The lowest BCUT2D eigenvalue weighted by Crippen LogP contribution is -2.55. The van der Waals surface area contributed by atoms with E-state index in [0.717, 1.165) is 31.7 Å². The maximum Gasteiger partial charge on any atom is 0.152 e. The zero-order valence-electron chi connectivity index (χ0n) is 10.3. The largest absolute Gasteiger partial charge is 0.298 e. The Morgan fingerprint density at radius 2 is 2.07 bits per heavy atom. The van der Waals surface area contributed by atoms with E-state index in [2.05, 4.69) is 25.7 Å². The first-order chi connectivity index (χ1) is 7.05. The maximum atomic E-state index is 12.1. The van der Waals surface area contributed by atoms with Gasteiger partial charge in [0.2, 0.25) is 0 Å². The van der Waals surface area contributed by atoms with Crippen molar-refractivity contribution in [2.75, 3.05) is 6.54 Å². The molecule has 0 bridgehead atoms. The van der Waals surface area contributed by atoms with Crippen LogP contribution in [-0.2, 0) is 4.79 Å². The Morgan fingerprint density at radius 3 is 2.60 bits per heavy atom. The molecule has 3 atom stereocenters. The van der Waals surface area contributed by atoms with Gasteiger partial charge in [-0.05, 0) is 45.6 Å². The molecule has 1 aliphatic carbocycles. The van der Waals surface area contributed by atoms with Crippen LogP contribution >= 0.6 is 0 Å². The zero-order valence-corrected chi connectivity index (χ0v) is 10.3. The molecule has 2 nitrogen and oxygen atoms in total. The number of nitrogens with zero attached hydrogens (tertiary/aromatic N) is 1. The molecule has 2 fully saturated rings. The van der Waals surface area contributed by atoms with Gasteiger partial charge < -0.3 is 0 Å². The summed E-state index contributed by atoms with van der Waals surface area (Å²) in [6, 6.07) is 0.581. The first-order valence-electron chi connectivity index (χ1n) is 6.36. The minimum absolute atomic E-state index is 0.136. The number of carbonyl (C=O) groups is 1. The summed E-state index contributed by atoms with van der Waals surface area (Å²) in [5.74, 6) is 1.23. The standard InChI is InChI=1S/C13H23NO/c1-10-7-9-14(11(10)2)13(3)8-5-4-6-12(13)15/h10-11H,4-9H2,1-3H3/t10?,11?,13-/m0/s1. The highest BCUT2D eigenvalue weighted by molar-refractivity contribution is 5.88. The van der Waals surface area contributed by atoms with E-state index in [1.807, 2.05) is 0 Å². The SMILES string of the molecule is CC1CCN([C@@]2(C)CCCCC2=O)C1C. The molecule has 86 valence electrons. The van der Waals surface area contributed by atoms with Crippen molar-refractivity contribution in [2.45, 2.75) is 64.5 Å². The number of likely N-dealkylation sites (tertiary alicyclic amines) is 1. The average molecular weight is 209 g/mol. The smallest absolute Gasteiger partial charge is 0.152 e. The van der Waals surface area contributed by atoms with Crippen LogP contribution in [-0.4, -0.2) is 28.8 Å². The number of ketones is 1. The Morgan fingerprint density at radius 1 is 1.33 bits per heavy atom. The van der Waals surface area contributed by atoms with Crippen LogP contribution in [0.4, 0.5) is 0 Å². The van der Waals surface area contributed by atoms with E-state index in [1.54, 1.807) is 0 Å². The molecule has 2 unspecified atom stereocenters. The van der Waals surface area contributed by atoms with Gasteiger partial charge in [-0.1, -0.05) is 13.3 Å². The molecule has 0 aromatic rings. The van der Waals surface area contributed by atoms with Crippen LogP contribution in [0.1, 0.15) is 52.9 Å². The number of rotatable bonds is 1. The summed E-state index contributed by atoms with van der Waals surface area (Å²) in [5, 5.41) is 0. The summed E-state index contributed by atoms with van der Waals surface area (Å²) in [5.41, 5.74) is -0.136. The Kier molecular flexibility index (Phi) is 2.89. The number of hydrogen-bond donors (Lipinski definition) is 0. The first kappa shape index (κ1) is 11.1. The quantitative estimate of drug-likeness (QED) is 0.661. The average Bonchev–Trinajstić information content (AvgIpc) is 2.53. The van der Waals surface area contributed by atoms with Gasteiger partial charge in [0, 0.05) is 12.5 Å². The van der Waals surface area contributed by atoms with Crippen molar-refractivity contribution in [3.8, 4) is 0 Å². The summed E-state index contributed by atoms with van der Waals surface area (Å²) >= 11 is 0. The van der Waals surface area contributed by atoms with Crippen molar-refractivity contribution in [1.29, 1.82) is 0 Å². The lowest BCUT2D eigenvalue weighted by atomic mass is 9.80. The van der Waals surface area contributed by atoms with Crippen LogP contribution in [0.3, 0.4) is 0 Å². The molecule has 1 saturated carbocycles. The molecular formula is C13H23NO. The molecule has 0 aromatic heterocycles. The molecule has 0 radical (unpaired) electrons. The molecule has 15 heavy (non-hydrogen) atoms. The van der Waals surface area contributed by atoms with Crippen molar-refractivity contribution in [3.63, 3.8) is 0 Å². The van der Waals surface area contributed by atoms with Gasteiger partial charge in [-0.2, -0.15) is 0 Å². The summed E-state index contributed by atoms with van der Waals surface area (Å²) in [4.78, 5) is 14.6. The fraction of sp³-hybridized carbons (Fsp3) is 0.923. The monoisotopic (exact) mass is 209 g/mol. The van der Waals surface area contributed by atoms with E-state index < -0.39 is 0 Å². The highest BCUT2D eigenvalue weighted by Crippen LogP contribution is 2.37. The maximum absolute atomic E-state index is 12.1. The number of hydrogen-bond acceptors (Lipinski definition) is 2. The van der Waals surface area contributed by atoms with Gasteiger partial charge in [-0.25, -0.2) is 0 Å². The second-order valence-corrected chi connectivity index (χ2v) is 5.60. The second kappa shape index (κ2) is 3.89. The van der Waals surface area contributed by atoms with Gasteiger partial charge in [0.1, 0.15) is 0 Å². The molecule has 2 heteroatoms. The minimum atomic E-state index is -0.136. The van der Waals surface area contributed by atoms with Gasteiger partial charge in [0.15, 0.2) is 5.78 Å². The van der Waals surface area contributed by atoms with E-state index in [4.69, 9.17) is 0 Å². The van der Waals surface area contributed by atoms with Crippen molar-refractivity contribution < 1.29 is 4.79 Å². The fourth-order valence-corrected chi connectivity index (χ4v) is 3.26. The Balaban J connectivity index is 2.17. The third-order valence-corrected chi connectivity index (χ3v) is 4.69. The van der Waals surface area contributed by atoms with E-state index in [1.165, 1.54) is 12.8 Å². The lowest BCUT2D eigenvalue weighted by molar-refractivity contribution is -0.133. The van der Waals surface area contributed by atoms with Crippen LogP contribution in [0.2, 0.25) is 0 Å².